The Morgan fingerprint density at radius 1 is 1.05 bits per heavy atom. The monoisotopic (exact) mass is 280 g/mol. The first-order valence-corrected chi connectivity index (χ1v) is 7.77. The van der Waals surface area contributed by atoms with E-state index in [4.69, 9.17) is 5.73 Å². The van der Waals surface area contributed by atoms with Crippen LogP contribution in [0.25, 0.3) is 0 Å². The van der Waals surface area contributed by atoms with Gasteiger partial charge in [0.2, 0.25) is 0 Å². The van der Waals surface area contributed by atoms with Gasteiger partial charge >= 0.3 is 0 Å². The van der Waals surface area contributed by atoms with E-state index in [-0.39, 0.29) is 0 Å². The first kappa shape index (κ1) is 14.3. The Bertz CT molecular complexity index is 633. The molecular formula is C19H24N2. The minimum absolute atomic E-state index is 0.318. The Morgan fingerprint density at radius 3 is 2.57 bits per heavy atom. The summed E-state index contributed by atoms with van der Waals surface area (Å²) in [5.74, 6) is 0. The lowest BCUT2D eigenvalue weighted by Gasteiger charge is -2.36. The molecule has 0 aliphatic carbocycles. The van der Waals surface area contributed by atoms with Crippen molar-refractivity contribution in [2.45, 2.75) is 32.9 Å². The molecule has 0 fully saturated rings. The summed E-state index contributed by atoms with van der Waals surface area (Å²) in [6, 6.07) is 15.7. The highest BCUT2D eigenvalue weighted by Gasteiger charge is 2.24. The van der Waals surface area contributed by atoms with E-state index in [0.717, 1.165) is 19.5 Å². The second kappa shape index (κ2) is 6.00. The maximum atomic E-state index is 6.13. The molecule has 0 aromatic heterocycles. The number of benzene rings is 2. The quantitative estimate of drug-likeness (QED) is 0.934. The van der Waals surface area contributed by atoms with Crippen LogP contribution in [0.2, 0.25) is 0 Å². The molecule has 0 saturated heterocycles. The van der Waals surface area contributed by atoms with Gasteiger partial charge in [0, 0.05) is 25.7 Å². The predicted octanol–water partition coefficient (Wildman–Crippen LogP) is 3.36. The minimum atomic E-state index is 0.318. The Morgan fingerprint density at radius 2 is 1.81 bits per heavy atom. The fourth-order valence-corrected chi connectivity index (χ4v) is 3.39. The summed E-state index contributed by atoms with van der Waals surface area (Å²) in [4.78, 5) is 2.53. The number of nitrogens with zero attached hydrogens (tertiary/aromatic N) is 1. The molecule has 0 radical (unpaired) electrons. The molecule has 0 spiro atoms. The number of fused-ring (bicyclic) bond motifs is 1. The van der Waals surface area contributed by atoms with E-state index < -0.39 is 0 Å². The fourth-order valence-electron chi connectivity index (χ4n) is 3.39. The second-order valence-corrected chi connectivity index (χ2v) is 6.03. The van der Waals surface area contributed by atoms with Crippen molar-refractivity contribution in [2.24, 2.45) is 5.73 Å². The van der Waals surface area contributed by atoms with E-state index in [2.05, 4.69) is 61.2 Å². The van der Waals surface area contributed by atoms with Crippen molar-refractivity contribution >= 4 is 0 Å². The third-order valence-electron chi connectivity index (χ3n) is 4.83. The summed E-state index contributed by atoms with van der Waals surface area (Å²) in [6.45, 7) is 7.16. The number of hydrogen-bond donors (Lipinski definition) is 1. The summed E-state index contributed by atoms with van der Waals surface area (Å²) in [7, 11) is 0. The van der Waals surface area contributed by atoms with Crippen molar-refractivity contribution in [3.05, 3.63) is 70.3 Å². The number of rotatable bonds is 3. The number of aryl methyl sites for hydroxylation is 1. The number of hydrogen-bond acceptors (Lipinski definition) is 2. The highest BCUT2D eigenvalue weighted by molar-refractivity contribution is 5.36. The molecular weight excluding hydrogens is 256 g/mol. The number of nitrogens with two attached hydrogens (primary N) is 1. The van der Waals surface area contributed by atoms with Crippen molar-refractivity contribution in [1.82, 2.24) is 4.90 Å². The van der Waals surface area contributed by atoms with Gasteiger partial charge in [-0.2, -0.15) is 0 Å². The van der Waals surface area contributed by atoms with Crippen LogP contribution in [0.5, 0.6) is 0 Å². The Balaban J connectivity index is 1.90. The maximum absolute atomic E-state index is 6.13. The van der Waals surface area contributed by atoms with Crippen molar-refractivity contribution in [3.63, 3.8) is 0 Å². The average Bonchev–Trinajstić information content (AvgIpc) is 2.52. The molecule has 1 aliphatic rings. The van der Waals surface area contributed by atoms with Gasteiger partial charge < -0.3 is 5.73 Å². The third kappa shape index (κ3) is 2.74. The van der Waals surface area contributed by atoms with E-state index in [1.165, 1.54) is 27.8 Å². The lowest BCUT2D eigenvalue weighted by Crippen LogP contribution is -2.38. The van der Waals surface area contributed by atoms with Gasteiger partial charge in [-0.3, -0.25) is 4.90 Å². The molecule has 2 aromatic rings. The van der Waals surface area contributed by atoms with Crippen molar-refractivity contribution in [1.29, 1.82) is 0 Å². The highest BCUT2D eigenvalue weighted by Crippen LogP contribution is 2.29. The van der Waals surface area contributed by atoms with Crippen LogP contribution < -0.4 is 5.73 Å². The molecule has 2 N–H and O–H groups in total. The first-order valence-electron chi connectivity index (χ1n) is 7.77. The molecule has 0 bridgehead atoms. The van der Waals surface area contributed by atoms with Gasteiger partial charge in [0.25, 0.3) is 0 Å². The summed E-state index contributed by atoms with van der Waals surface area (Å²) in [5.41, 5.74) is 13.2. The Hall–Kier alpha value is -1.64. The van der Waals surface area contributed by atoms with Gasteiger partial charge in [-0.05, 0) is 48.1 Å². The van der Waals surface area contributed by atoms with Crippen molar-refractivity contribution < 1.29 is 0 Å². The Kier molecular flexibility index (Phi) is 4.09. The van der Waals surface area contributed by atoms with Gasteiger partial charge in [0.05, 0.1) is 0 Å². The molecule has 0 saturated carbocycles. The van der Waals surface area contributed by atoms with Crippen LogP contribution in [0.4, 0.5) is 0 Å². The van der Waals surface area contributed by atoms with E-state index in [1.807, 2.05) is 0 Å². The first-order chi connectivity index (χ1) is 10.2. The van der Waals surface area contributed by atoms with Gasteiger partial charge in [-0.15, -0.1) is 0 Å². The largest absolute Gasteiger partial charge is 0.329 e. The van der Waals surface area contributed by atoms with Crippen LogP contribution in [-0.4, -0.2) is 18.0 Å². The molecule has 3 rings (SSSR count). The van der Waals surface area contributed by atoms with Crippen molar-refractivity contribution in [3.8, 4) is 0 Å². The Labute approximate surface area is 127 Å². The predicted molar refractivity (Wildman–Crippen MR) is 88.3 cm³/mol. The van der Waals surface area contributed by atoms with Crippen LogP contribution in [0.1, 0.15) is 33.9 Å². The lowest BCUT2D eigenvalue weighted by atomic mass is 9.93. The third-order valence-corrected chi connectivity index (χ3v) is 4.83. The molecule has 110 valence electrons. The molecule has 2 nitrogen and oxygen atoms in total. The molecule has 21 heavy (non-hydrogen) atoms. The van der Waals surface area contributed by atoms with Gasteiger partial charge in [-0.1, -0.05) is 42.5 Å². The molecule has 1 atom stereocenters. The highest BCUT2D eigenvalue weighted by atomic mass is 15.2. The minimum Gasteiger partial charge on any atom is -0.329 e. The van der Waals surface area contributed by atoms with E-state index >= 15 is 0 Å². The van der Waals surface area contributed by atoms with Crippen LogP contribution in [-0.2, 0) is 13.0 Å². The van der Waals surface area contributed by atoms with Crippen molar-refractivity contribution in [2.75, 3.05) is 13.1 Å². The van der Waals surface area contributed by atoms with Crippen LogP contribution in [0.3, 0.4) is 0 Å². The van der Waals surface area contributed by atoms with E-state index in [0.29, 0.717) is 12.6 Å². The zero-order valence-electron chi connectivity index (χ0n) is 13.0. The topological polar surface area (TPSA) is 29.3 Å². The van der Waals surface area contributed by atoms with Gasteiger partial charge in [-0.25, -0.2) is 0 Å². The van der Waals surface area contributed by atoms with Gasteiger partial charge in [0.15, 0.2) is 0 Å². The molecule has 2 aromatic carbocycles. The molecule has 1 heterocycles. The van der Waals surface area contributed by atoms with Gasteiger partial charge in [0.1, 0.15) is 0 Å². The molecule has 1 aliphatic heterocycles. The zero-order chi connectivity index (χ0) is 14.8. The SMILES string of the molecule is Cc1cccc(C(CN)N2CCc3ccccc3C2)c1C. The zero-order valence-corrected chi connectivity index (χ0v) is 13.0. The summed E-state index contributed by atoms with van der Waals surface area (Å²) < 4.78 is 0. The van der Waals surface area contributed by atoms with Crippen LogP contribution >= 0.6 is 0 Å². The smallest absolute Gasteiger partial charge is 0.0476 e. The van der Waals surface area contributed by atoms with E-state index in [1.54, 1.807) is 0 Å². The standard InChI is InChI=1S/C19H24N2/c1-14-6-5-9-18(15(14)2)19(12-20)21-11-10-16-7-3-4-8-17(16)13-21/h3-9,19H,10-13,20H2,1-2H3. The molecule has 2 heteroatoms. The fraction of sp³-hybridized carbons (Fsp3) is 0.368. The summed E-state index contributed by atoms with van der Waals surface area (Å²) >= 11 is 0. The average molecular weight is 280 g/mol. The van der Waals surface area contributed by atoms with E-state index in [9.17, 15) is 0 Å². The normalized spacial score (nSPS) is 16.5. The molecule has 1 unspecified atom stereocenters. The lowest BCUT2D eigenvalue weighted by molar-refractivity contribution is 0.183. The summed E-state index contributed by atoms with van der Waals surface area (Å²) in [6.07, 6.45) is 1.12. The summed E-state index contributed by atoms with van der Waals surface area (Å²) in [5, 5.41) is 0. The maximum Gasteiger partial charge on any atom is 0.0476 e. The molecule has 0 amide bonds. The van der Waals surface area contributed by atoms with Crippen LogP contribution in [0, 0.1) is 13.8 Å². The second-order valence-electron chi connectivity index (χ2n) is 6.03. The van der Waals surface area contributed by atoms with Crippen LogP contribution in [0.15, 0.2) is 42.5 Å².